The number of hydrogen-bond acceptors (Lipinski definition) is 28. The van der Waals surface area contributed by atoms with E-state index in [1.165, 1.54) is 11.3 Å². The number of ether oxygens (including phenoxy) is 5. The molecule has 148 heavy (non-hydrogen) atoms. The fourth-order valence-electron chi connectivity index (χ4n) is 22.1. The number of para-hydroxylation sites is 2. The quantitative estimate of drug-likeness (QED) is 0.0179. The first-order valence-corrected chi connectivity index (χ1v) is 51.4. The first kappa shape index (κ1) is 99.5. The molecule has 0 aliphatic heterocycles. The lowest BCUT2D eigenvalue weighted by Crippen LogP contribution is -2.81. The number of nitrogens with zero attached hydrogens (tertiary/aromatic N) is 8. The van der Waals surface area contributed by atoms with Gasteiger partial charge in [0.15, 0.2) is 50.2 Å². The molecular weight excluding hydrogens is 2010 g/mol. The molecular formula is C110H105Cl5N18O14S. The van der Waals surface area contributed by atoms with Crippen molar-refractivity contribution in [2.24, 2.45) is 0 Å². The Balaban J connectivity index is 0.000000108. The van der Waals surface area contributed by atoms with Crippen LogP contribution in [0.15, 0.2) is 261 Å². The number of oxazole rings is 1. The van der Waals surface area contributed by atoms with Crippen LogP contribution >= 0.6 is 69.3 Å². The fraction of sp³-hybridized carbons (Fsp3) is 0.318. The summed E-state index contributed by atoms with van der Waals surface area (Å²) in [5, 5.41) is 58.5. The highest BCUT2D eigenvalue weighted by molar-refractivity contribution is 7.18. The van der Waals surface area contributed by atoms with Crippen molar-refractivity contribution in [3.05, 3.63) is 296 Å². The Labute approximate surface area is 880 Å². The van der Waals surface area contributed by atoms with Crippen LogP contribution in [-0.4, -0.2) is 159 Å². The molecule has 32 nitrogen and oxygen atoms in total. The van der Waals surface area contributed by atoms with E-state index in [4.69, 9.17) is 99.7 Å². The van der Waals surface area contributed by atoms with Crippen molar-refractivity contribution in [1.29, 1.82) is 0 Å². The Hall–Kier alpha value is -14.5. The van der Waals surface area contributed by atoms with Crippen LogP contribution in [0.2, 0.25) is 25.1 Å². The lowest BCUT2D eigenvalue weighted by Gasteiger charge is -2.70. The van der Waals surface area contributed by atoms with Crippen molar-refractivity contribution < 1.29 is 65.6 Å². The minimum Gasteiger partial charge on any atom is -0.484 e. The molecule has 0 saturated heterocycles. The van der Waals surface area contributed by atoms with Gasteiger partial charge in [-0.3, -0.25) is 24.0 Å². The zero-order chi connectivity index (χ0) is 102. The molecule has 0 spiro atoms. The largest absolute Gasteiger partial charge is 0.484 e. The van der Waals surface area contributed by atoms with Crippen LogP contribution in [0.4, 0.5) is 28.9 Å². The van der Waals surface area contributed by atoms with E-state index in [-0.39, 0.29) is 118 Å². The Morgan fingerprint density at radius 1 is 0.331 bits per heavy atom. The van der Waals surface area contributed by atoms with Crippen LogP contribution in [0.5, 0.6) is 28.7 Å². The number of carbonyl (C=O) groups is 5. The number of carbonyl (C=O) groups excluding carboxylic acids is 5. The van der Waals surface area contributed by atoms with Crippen LogP contribution in [0, 0.1) is 34.6 Å². The normalized spacial score (nSPS) is 24.0. The number of nitrogens with one attached hydrogen (secondary N) is 10. The van der Waals surface area contributed by atoms with Crippen molar-refractivity contribution in [2.45, 2.75) is 186 Å². The van der Waals surface area contributed by atoms with Crippen LogP contribution in [0.25, 0.3) is 55.8 Å². The summed E-state index contributed by atoms with van der Waals surface area (Å²) < 4.78 is 49.7. The van der Waals surface area contributed by atoms with E-state index in [9.17, 15) is 24.0 Å². The Bertz CT molecular complexity index is 6590. The molecule has 15 aromatic rings. The van der Waals surface area contributed by atoms with Crippen LogP contribution in [0.3, 0.4) is 0 Å². The third-order valence-corrected chi connectivity index (χ3v) is 30.9. The zero-order valence-corrected chi connectivity index (χ0v) is 85.9. The summed E-state index contributed by atoms with van der Waals surface area (Å²) in [6, 6.07) is 76.1. The maximum Gasteiger partial charge on any atom is 0.322 e. The predicted octanol–water partition coefficient (Wildman–Crippen LogP) is 21.1. The van der Waals surface area contributed by atoms with E-state index in [1.807, 2.05) is 241 Å². The Morgan fingerprint density at radius 2 is 0.703 bits per heavy atom. The number of anilines is 5. The number of benzene rings is 10. The fourth-order valence-corrected chi connectivity index (χ4v) is 23.6. The maximum absolute atomic E-state index is 12.3. The van der Waals surface area contributed by atoms with Gasteiger partial charge in [0.05, 0.1) is 0 Å². The van der Waals surface area contributed by atoms with E-state index < -0.39 is 0 Å². The SMILES string of the molecule is Cc1cc(OCC(=O)NC23CC(Nc4nc5ccccc5o4)(C2)C3)ccc1Cl.Cc1ccc(OCC(=O)NC23CC(Nc4cc(-c5ccc(Cl)cc5)on4)(C2)C3)cc1.Cc1ccc(OCC(=O)NC23CC(Nc4nc(-c5ccc(Cl)cc5)no4)(C2)C3)cc1.Cc1ccc(OCC(=O)NC23CC(Nc4nnc(-c5ccc(Cl)cc5)s4)(C2)C3)cc1.Cc1ccc(OCC(=O)NC23CC(Nc4noc(-c5ccc(Cl)cc5)n4)(C2)C3)cc1. The average molecular weight is 2110 g/mol. The summed E-state index contributed by atoms with van der Waals surface area (Å²) in [5.41, 5.74) is 9.89. The van der Waals surface area contributed by atoms with Gasteiger partial charge in [-0.05, 0) is 305 Å². The van der Waals surface area contributed by atoms with Gasteiger partial charge in [0, 0.05) is 109 Å². The molecule has 760 valence electrons. The van der Waals surface area contributed by atoms with Gasteiger partial charge in [-0.25, -0.2) is 0 Å². The van der Waals surface area contributed by atoms with E-state index in [0.717, 1.165) is 168 Å². The second-order valence-corrected chi connectivity index (χ2v) is 44.4. The molecule has 5 aromatic heterocycles. The summed E-state index contributed by atoms with van der Waals surface area (Å²) >= 11 is 31.2. The highest BCUT2D eigenvalue weighted by Gasteiger charge is 2.73. The van der Waals surface area contributed by atoms with Crippen LogP contribution < -0.4 is 76.9 Å². The average Bonchev–Trinajstić information content (AvgIpc) is 0.833. The molecule has 15 aliphatic carbocycles. The summed E-state index contributed by atoms with van der Waals surface area (Å²) in [6.45, 7) is 10.0. The van der Waals surface area contributed by atoms with E-state index in [0.29, 0.717) is 95.1 Å². The van der Waals surface area contributed by atoms with Gasteiger partial charge in [0.2, 0.25) is 11.0 Å². The second kappa shape index (κ2) is 40.3. The summed E-state index contributed by atoms with van der Waals surface area (Å²) in [4.78, 5) is 74.6. The second-order valence-electron chi connectivity index (χ2n) is 41.3. The summed E-state index contributed by atoms with van der Waals surface area (Å²) in [7, 11) is 0. The van der Waals surface area contributed by atoms with Crippen LogP contribution in [0.1, 0.15) is 124 Å². The zero-order valence-electron chi connectivity index (χ0n) is 81.3. The number of halogens is 5. The number of fused-ring (bicyclic) bond motifs is 1. The molecule has 10 N–H and O–H groups in total. The van der Waals surface area contributed by atoms with Gasteiger partial charge in [0.25, 0.3) is 47.4 Å². The number of aromatic nitrogens is 8. The van der Waals surface area contributed by atoms with Crippen LogP contribution in [-0.2, 0) is 24.0 Å². The molecule has 0 unspecified atom stereocenters. The van der Waals surface area contributed by atoms with Gasteiger partial charge >= 0.3 is 6.01 Å². The van der Waals surface area contributed by atoms with Gasteiger partial charge in [-0.1, -0.05) is 175 Å². The lowest BCUT2D eigenvalue weighted by atomic mass is 9.44. The first-order valence-electron chi connectivity index (χ1n) is 48.7. The molecule has 15 fully saturated rings. The van der Waals surface area contributed by atoms with E-state index in [1.54, 1.807) is 36.4 Å². The summed E-state index contributed by atoms with van der Waals surface area (Å²) in [6.07, 6.45) is 12.9. The Morgan fingerprint density at radius 3 is 1.13 bits per heavy atom. The minimum atomic E-state index is -0.153. The van der Waals surface area contributed by atoms with Gasteiger partial charge in [0.1, 0.15) is 39.3 Å². The maximum atomic E-state index is 12.3. The van der Waals surface area contributed by atoms with Crippen molar-refractivity contribution in [1.82, 2.24) is 67.2 Å². The van der Waals surface area contributed by atoms with Crippen molar-refractivity contribution in [3.63, 3.8) is 0 Å². The third kappa shape index (κ3) is 22.6. The van der Waals surface area contributed by atoms with E-state index in [2.05, 4.69) is 93.8 Å². The first-order chi connectivity index (χ1) is 71.1. The third-order valence-electron chi connectivity index (χ3n) is 28.6. The lowest BCUT2D eigenvalue weighted by molar-refractivity contribution is -0.136. The van der Waals surface area contributed by atoms with Gasteiger partial charge in [-0.15, -0.1) is 10.2 Å². The molecule has 38 heteroatoms. The number of amides is 5. The molecule has 0 atom stereocenters. The van der Waals surface area contributed by atoms with Crippen molar-refractivity contribution in [3.8, 4) is 73.5 Å². The minimum absolute atomic E-state index is 0.00558. The van der Waals surface area contributed by atoms with E-state index >= 15 is 0 Å². The van der Waals surface area contributed by atoms with Crippen molar-refractivity contribution in [2.75, 3.05) is 59.6 Å². The topological polar surface area (TPSA) is 407 Å². The predicted molar refractivity (Wildman–Crippen MR) is 565 cm³/mol. The molecule has 5 heterocycles. The molecule has 10 aromatic carbocycles. The van der Waals surface area contributed by atoms with Gasteiger partial charge in [-0.2, -0.15) is 15.0 Å². The standard InChI is InChI=1S/C23H22ClN3O3.2C22H21ClN4O3.C22H21ClN4O2S.C21H20ClN3O3/c1-15-2-8-18(9-3-15)29-11-21(28)26-23-12-22(13-23,14-23)25-20-10-19(30-27-20)16-4-6-17(24)7-5-16;1-14-2-8-17(9-3-14)29-10-18(28)25-21-11-22(12-21,13-21)26-20-24-19(30-27-20)15-4-6-16(23)7-5-15;1-14-2-8-17(9-3-14)29-10-18(28)25-21-11-22(12-21,13-21)26-20-24-19(27-30-20)15-4-6-16(23)7-5-15;1-14-2-8-17(9-3-14)29-10-18(28)24-21-11-22(12-21,13-21)25-20-27-26-19(30-20)15-4-6-16(23)7-5-15;1-13-8-14(6-7-15(13)22)27-9-18(26)24-20-10-21(11-20,12-20)25-19-23-16-4-2-3-5-17(16)28-19/h2-10H,11-14H2,1H3,(H,25,27)(H,26,28);2-9H,10-13H2,1H3,(H,25,28)(H,26,27);2-9H,10-13H2,1H3,(H,25,28)(H,24,26,27);2-9H,10-13H2,1H3,(H,24,28)(H,25,27);2-8H,9-12H2,1H3,(H,23,25)(H,24,26). The summed E-state index contributed by atoms with van der Waals surface area (Å²) in [5.74, 6) is 5.77. The molecule has 30 rings (SSSR count). The smallest absolute Gasteiger partial charge is 0.322 e. The van der Waals surface area contributed by atoms with Crippen molar-refractivity contribution >= 4 is 139 Å². The highest BCUT2D eigenvalue weighted by atomic mass is 35.5. The molecule has 0 radical (unpaired) electrons. The number of hydrogen-bond donors (Lipinski definition) is 10. The monoisotopic (exact) mass is 2110 g/mol. The number of rotatable bonds is 34. The molecule has 5 amide bonds. The highest BCUT2D eigenvalue weighted by Crippen LogP contribution is 2.66. The molecule has 10 bridgehead atoms. The molecule has 15 aliphatic rings. The molecule has 15 saturated carbocycles. The number of aryl methyl sites for hydroxylation is 5. The van der Waals surface area contributed by atoms with Gasteiger partial charge < -0.3 is 94.8 Å². The Kier molecular flexibility index (Phi) is 27.1.